The van der Waals surface area contributed by atoms with Crippen LogP contribution in [0, 0.1) is 0 Å². The summed E-state index contributed by atoms with van der Waals surface area (Å²) in [6, 6.07) is 23.7. The van der Waals surface area contributed by atoms with Crippen molar-refractivity contribution < 1.29 is 14.4 Å². The average molecular weight is 477 g/mol. The standard InChI is InChI=1S/C24H20N4O3S2/c29-21(14-25-22(30)17-6-2-1-3-7-17)27-28-23(31)18-12-10-16(11-13-18)15-32-24-26-19-8-4-5-9-20(19)33-24/h1-13H,14-15H2,(H,25,30)(H,27,29)(H,28,31). The average Bonchev–Trinajstić information content (AvgIpc) is 3.28. The van der Waals surface area contributed by atoms with Gasteiger partial charge < -0.3 is 5.32 Å². The van der Waals surface area contributed by atoms with Crippen LogP contribution in [0.25, 0.3) is 10.2 Å². The van der Waals surface area contributed by atoms with Gasteiger partial charge in [0.1, 0.15) is 0 Å². The van der Waals surface area contributed by atoms with E-state index in [1.807, 2.05) is 30.3 Å². The lowest BCUT2D eigenvalue weighted by Crippen LogP contribution is -2.46. The number of carbonyl (C=O) groups is 3. The van der Waals surface area contributed by atoms with Crippen molar-refractivity contribution in [3.63, 3.8) is 0 Å². The number of fused-ring (bicyclic) bond motifs is 1. The molecule has 0 aliphatic heterocycles. The van der Waals surface area contributed by atoms with Gasteiger partial charge in [-0.3, -0.25) is 25.2 Å². The van der Waals surface area contributed by atoms with Gasteiger partial charge in [-0.1, -0.05) is 54.2 Å². The van der Waals surface area contributed by atoms with Crippen LogP contribution >= 0.6 is 23.1 Å². The number of nitrogens with zero attached hydrogens (tertiary/aromatic N) is 1. The molecule has 4 aromatic rings. The molecule has 33 heavy (non-hydrogen) atoms. The molecule has 1 aromatic heterocycles. The minimum absolute atomic E-state index is 0.254. The number of nitrogens with one attached hydrogen (secondary N) is 3. The summed E-state index contributed by atoms with van der Waals surface area (Å²) >= 11 is 3.31. The third-order valence-electron chi connectivity index (χ3n) is 4.61. The molecule has 7 nitrogen and oxygen atoms in total. The Morgan fingerprint density at radius 3 is 2.24 bits per heavy atom. The van der Waals surface area contributed by atoms with Gasteiger partial charge in [-0.05, 0) is 42.0 Å². The van der Waals surface area contributed by atoms with Crippen LogP contribution in [0.1, 0.15) is 26.3 Å². The Labute approximate surface area is 198 Å². The first-order chi connectivity index (χ1) is 16.1. The zero-order chi connectivity index (χ0) is 23.0. The lowest BCUT2D eigenvalue weighted by atomic mass is 10.1. The summed E-state index contributed by atoms with van der Waals surface area (Å²) in [4.78, 5) is 40.7. The van der Waals surface area contributed by atoms with Crippen LogP contribution < -0.4 is 16.2 Å². The molecule has 0 saturated carbocycles. The number of aromatic nitrogens is 1. The van der Waals surface area contributed by atoms with Gasteiger partial charge in [0.05, 0.1) is 16.8 Å². The monoisotopic (exact) mass is 476 g/mol. The van der Waals surface area contributed by atoms with Crippen molar-refractivity contribution in [2.24, 2.45) is 0 Å². The number of rotatable bonds is 7. The van der Waals surface area contributed by atoms with E-state index in [1.165, 1.54) is 0 Å². The number of benzene rings is 3. The van der Waals surface area contributed by atoms with E-state index in [-0.39, 0.29) is 12.5 Å². The molecule has 1 heterocycles. The number of hydrogen-bond acceptors (Lipinski definition) is 6. The molecule has 0 bridgehead atoms. The maximum Gasteiger partial charge on any atom is 0.269 e. The van der Waals surface area contributed by atoms with Gasteiger partial charge in [0.2, 0.25) is 0 Å². The van der Waals surface area contributed by atoms with Gasteiger partial charge in [-0.25, -0.2) is 4.98 Å². The Morgan fingerprint density at radius 1 is 0.788 bits per heavy atom. The molecule has 0 atom stereocenters. The topological polar surface area (TPSA) is 100 Å². The van der Waals surface area contributed by atoms with Crippen molar-refractivity contribution >= 4 is 51.0 Å². The number of thioether (sulfide) groups is 1. The van der Waals surface area contributed by atoms with E-state index in [1.54, 1.807) is 65.6 Å². The second-order valence-electron chi connectivity index (χ2n) is 6.98. The number of carbonyl (C=O) groups excluding carboxylic acids is 3. The van der Waals surface area contributed by atoms with Crippen LogP contribution in [0.15, 0.2) is 83.2 Å². The summed E-state index contributed by atoms with van der Waals surface area (Å²) in [6.45, 7) is -0.254. The van der Waals surface area contributed by atoms with E-state index in [2.05, 4.69) is 27.2 Å². The highest BCUT2D eigenvalue weighted by atomic mass is 32.2. The van der Waals surface area contributed by atoms with Crippen molar-refractivity contribution in [2.75, 3.05) is 6.54 Å². The fourth-order valence-electron chi connectivity index (χ4n) is 2.91. The Bertz CT molecular complexity index is 1240. The molecule has 166 valence electrons. The first-order valence-electron chi connectivity index (χ1n) is 10.1. The molecule has 3 amide bonds. The fraction of sp³-hybridized carbons (Fsp3) is 0.0833. The highest BCUT2D eigenvalue weighted by Gasteiger charge is 2.10. The van der Waals surface area contributed by atoms with Gasteiger partial charge in [-0.15, -0.1) is 11.3 Å². The molecule has 0 spiro atoms. The molecule has 3 N–H and O–H groups in total. The van der Waals surface area contributed by atoms with Gasteiger partial charge >= 0.3 is 0 Å². The zero-order valence-corrected chi connectivity index (χ0v) is 19.0. The minimum atomic E-state index is -0.531. The number of hydrazine groups is 1. The SMILES string of the molecule is O=C(CNC(=O)c1ccccc1)NNC(=O)c1ccc(CSc2nc3ccccc3s2)cc1. The molecule has 0 aliphatic rings. The van der Waals surface area contributed by atoms with Gasteiger partial charge in [0.15, 0.2) is 4.34 Å². The summed E-state index contributed by atoms with van der Waals surface area (Å²) in [5.41, 5.74) is 7.57. The van der Waals surface area contributed by atoms with Gasteiger partial charge in [0, 0.05) is 16.9 Å². The Morgan fingerprint density at radius 2 is 1.48 bits per heavy atom. The molecule has 0 aliphatic carbocycles. The maximum absolute atomic E-state index is 12.3. The molecule has 0 unspecified atom stereocenters. The van der Waals surface area contributed by atoms with Crippen LogP contribution in [0.2, 0.25) is 0 Å². The fourth-order valence-corrected chi connectivity index (χ4v) is 4.93. The maximum atomic E-state index is 12.3. The third-order valence-corrected chi connectivity index (χ3v) is 6.86. The zero-order valence-electron chi connectivity index (χ0n) is 17.4. The molecule has 9 heteroatoms. The number of amides is 3. The summed E-state index contributed by atoms with van der Waals surface area (Å²) in [5.74, 6) is -0.601. The number of hydrogen-bond donors (Lipinski definition) is 3. The van der Waals surface area contributed by atoms with Crippen LogP contribution in [0.3, 0.4) is 0 Å². The van der Waals surface area contributed by atoms with Gasteiger partial charge in [0.25, 0.3) is 17.7 Å². The highest BCUT2D eigenvalue weighted by molar-refractivity contribution is 8.00. The quantitative estimate of drug-likeness (QED) is 0.278. The number of para-hydroxylation sites is 1. The lowest BCUT2D eigenvalue weighted by Gasteiger charge is -2.09. The largest absolute Gasteiger partial charge is 0.343 e. The van der Waals surface area contributed by atoms with Crippen molar-refractivity contribution in [1.29, 1.82) is 0 Å². The van der Waals surface area contributed by atoms with Crippen LogP contribution in [0.4, 0.5) is 0 Å². The van der Waals surface area contributed by atoms with Crippen LogP contribution in [-0.2, 0) is 10.5 Å². The molecule has 4 rings (SSSR count). The second kappa shape index (κ2) is 10.8. The number of thiazole rings is 1. The Hall–Kier alpha value is -3.69. The van der Waals surface area contributed by atoms with Crippen LogP contribution in [0.5, 0.6) is 0 Å². The van der Waals surface area contributed by atoms with E-state index in [4.69, 9.17) is 0 Å². The lowest BCUT2D eigenvalue weighted by molar-refractivity contribution is -0.120. The normalized spacial score (nSPS) is 10.5. The van der Waals surface area contributed by atoms with Crippen molar-refractivity contribution in [3.8, 4) is 0 Å². The highest BCUT2D eigenvalue weighted by Crippen LogP contribution is 2.31. The minimum Gasteiger partial charge on any atom is -0.343 e. The molecule has 0 fully saturated rings. The Balaban J connectivity index is 1.21. The molecule has 0 saturated heterocycles. The van der Waals surface area contributed by atoms with Crippen LogP contribution in [-0.4, -0.2) is 29.3 Å². The third kappa shape index (κ3) is 6.18. The smallest absolute Gasteiger partial charge is 0.269 e. The molecular weight excluding hydrogens is 456 g/mol. The first kappa shape index (κ1) is 22.5. The first-order valence-corrected chi connectivity index (χ1v) is 11.9. The van der Waals surface area contributed by atoms with Crippen molar-refractivity contribution in [2.45, 2.75) is 10.1 Å². The van der Waals surface area contributed by atoms with E-state index in [0.29, 0.717) is 11.1 Å². The van der Waals surface area contributed by atoms with E-state index < -0.39 is 11.8 Å². The predicted molar refractivity (Wildman–Crippen MR) is 130 cm³/mol. The van der Waals surface area contributed by atoms with E-state index in [0.717, 1.165) is 25.9 Å². The summed E-state index contributed by atoms with van der Waals surface area (Å²) < 4.78 is 2.16. The molecular formula is C24H20N4O3S2. The summed E-state index contributed by atoms with van der Waals surface area (Å²) in [6.07, 6.45) is 0. The van der Waals surface area contributed by atoms with Gasteiger partial charge in [-0.2, -0.15) is 0 Å². The van der Waals surface area contributed by atoms with E-state index >= 15 is 0 Å². The van der Waals surface area contributed by atoms with Crippen molar-refractivity contribution in [1.82, 2.24) is 21.2 Å². The predicted octanol–water partition coefficient (Wildman–Crippen LogP) is 3.78. The summed E-state index contributed by atoms with van der Waals surface area (Å²) in [7, 11) is 0. The van der Waals surface area contributed by atoms with Crippen molar-refractivity contribution in [3.05, 3.63) is 95.6 Å². The molecule has 0 radical (unpaired) electrons. The second-order valence-corrected chi connectivity index (χ2v) is 9.24. The Kier molecular flexibility index (Phi) is 7.33. The summed E-state index contributed by atoms with van der Waals surface area (Å²) in [5, 5.41) is 2.50. The van der Waals surface area contributed by atoms with E-state index in [9.17, 15) is 14.4 Å². The molecule has 3 aromatic carbocycles.